The second kappa shape index (κ2) is 4.78. The van der Waals surface area contributed by atoms with E-state index in [9.17, 15) is 4.79 Å². The highest BCUT2D eigenvalue weighted by Crippen LogP contribution is 2.33. The summed E-state index contributed by atoms with van der Waals surface area (Å²) in [6, 6.07) is 8.62. The Hall–Kier alpha value is -2.10. The van der Waals surface area contributed by atoms with Gasteiger partial charge < -0.3 is 4.90 Å². The Bertz CT molecular complexity index is 659. The maximum absolute atomic E-state index is 11.9. The molecule has 2 aromatic rings. The fraction of sp³-hybridized carbons (Fsp3) is 0.375. The van der Waals surface area contributed by atoms with Crippen molar-refractivity contribution >= 4 is 11.6 Å². The maximum Gasteiger partial charge on any atom is 0.224 e. The average molecular weight is 269 g/mol. The van der Waals surface area contributed by atoms with E-state index in [0.717, 1.165) is 29.8 Å². The van der Waals surface area contributed by atoms with Crippen molar-refractivity contribution in [3.8, 4) is 11.3 Å². The van der Waals surface area contributed by atoms with Gasteiger partial charge in [0.15, 0.2) is 0 Å². The molecule has 0 bridgehead atoms. The number of rotatable bonds is 1. The second-order valence-corrected chi connectivity index (χ2v) is 5.46. The summed E-state index contributed by atoms with van der Waals surface area (Å²) in [4.78, 5) is 13.8. The third-order valence-corrected chi connectivity index (χ3v) is 4.07. The normalized spacial score (nSPS) is 17.9. The molecule has 0 saturated heterocycles. The molecule has 3 rings (SSSR count). The molecule has 1 aromatic heterocycles. The van der Waals surface area contributed by atoms with E-state index in [4.69, 9.17) is 0 Å². The SMILES string of the molecule is CC(=O)N1c2ccc(-c3ccnn3C)cc2CC[C@@H]1C. The number of carbonyl (C=O) groups is 1. The van der Waals surface area contributed by atoms with Gasteiger partial charge in [-0.3, -0.25) is 9.48 Å². The molecule has 1 aromatic carbocycles. The highest BCUT2D eigenvalue weighted by atomic mass is 16.2. The summed E-state index contributed by atoms with van der Waals surface area (Å²) < 4.78 is 1.87. The quantitative estimate of drug-likeness (QED) is 0.798. The Balaban J connectivity index is 2.06. The van der Waals surface area contributed by atoms with Crippen molar-refractivity contribution in [1.82, 2.24) is 9.78 Å². The smallest absolute Gasteiger partial charge is 0.224 e. The summed E-state index contributed by atoms with van der Waals surface area (Å²) in [6.07, 6.45) is 3.84. The Morgan fingerprint density at radius 3 is 2.80 bits per heavy atom. The van der Waals surface area contributed by atoms with E-state index >= 15 is 0 Å². The van der Waals surface area contributed by atoms with Crippen LogP contribution in [0.15, 0.2) is 30.5 Å². The van der Waals surface area contributed by atoms with Crippen LogP contribution < -0.4 is 4.90 Å². The van der Waals surface area contributed by atoms with Gasteiger partial charge in [-0.05, 0) is 43.5 Å². The molecule has 2 heterocycles. The van der Waals surface area contributed by atoms with E-state index in [1.807, 2.05) is 22.7 Å². The maximum atomic E-state index is 11.9. The van der Waals surface area contributed by atoms with Crippen molar-refractivity contribution in [2.24, 2.45) is 7.05 Å². The van der Waals surface area contributed by atoms with Crippen LogP contribution in [0, 0.1) is 0 Å². The van der Waals surface area contributed by atoms with Crippen molar-refractivity contribution in [1.29, 1.82) is 0 Å². The Kier molecular flexibility index (Phi) is 3.08. The van der Waals surface area contributed by atoms with E-state index in [0.29, 0.717) is 0 Å². The van der Waals surface area contributed by atoms with Crippen LogP contribution in [0.3, 0.4) is 0 Å². The lowest BCUT2D eigenvalue weighted by atomic mass is 9.94. The van der Waals surface area contributed by atoms with Crippen LogP contribution >= 0.6 is 0 Å². The van der Waals surface area contributed by atoms with Crippen molar-refractivity contribution in [3.05, 3.63) is 36.0 Å². The van der Waals surface area contributed by atoms with Gasteiger partial charge in [-0.25, -0.2) is 0 Å². The first-order valence-electron chi connectivity index (χ1n) is 6.99. The number of hydrogen-bond acceptors (Lipinski definition) is 2. The number of carbonyl (C=O) groups excluding carboxylic acids is 1. The third kappa shape index (κ3) is 2.01. The zero-order valence-corrected chi connectivity index (χ0v) is 12.1. The third-order valence-electron chi connectivity index (χ3n) is 4.07. The highest BCUT2D eigenvalue weighted by molar-refractivity contribution is 5.93. The van der Waals surface area contributed by atoms with Crippen LogP contribution in [0.25, 0.3) is 11.3 Å². The number of amides is 1. The summed E-state index contributed by atoms with van der Waals surface area (Å²) in [5.41, 5.74) is 4.56. The number of anilines is 1. The van der Waals surface area contributed by atoms with E-state index in [1.165, 1.54) is 5.56 Å². The van der Waals surface area contributed by atoms with E-state index < -0.39 is 0 Å². The zero-order chi connectivity index (χ0) is 14.3. The number of hydrogen-bond donors (Lipinski definition) is 0. The molecular weight excluding hydrogens is 250 g/mol. The number of nitrogens with zero attached hydrogens (tertiary/aromatic N) is 3. The Labute approximate surface area is 119 Å². The first kappa shape index (κ1) is 12.9. The van der Waals surface area contributed by atoms with Gasteiger partial charge in [0.2, 0.25) is 5.91 Å². The molecule has 20 heavy (non-hydrogen) atoms. The van der Waals surface area contributed by atoms with Crippen LogP contribution in [0.1, 0.15) is 25.8 Å². The lowest BCUT2D eigenvalue weighted by molar-refractivity contribution is -0.117. The van der Waals surface area contributed by atoms with E-state index in [-0.39, 0.29) is 11.9 Å². The molecule has 1 amide bonds. The lowest BCUT2D eigenvalue weighted by Crippen LogP contribution is -2.40. The van der Waals surface area contributed by atoms with Gasteiger partial charge in [-0.2, -0.15) is 5.10 Å². The molecule has 0 saturated carbocycles. The molecule has 4 nitrogen and oxygen atoms in total. The van der Waals surface area contributed by atoms with Crippen molar-refractivity contribution in [2.75, 3.05) is 4.90 Å². The van der Waals surface area contributed by atoms with Gasteiger partial charge in [0.1, 0.15) is 0 Å². The van der Waals surface area contributed by atoms with Crippen molar-refractivity contribution in [3.63, 3.8) is 0 Å². The van der Waals surface area contributed by atoms with Crippen LogP contribution in [0.2, 0.25) is 0 Å². The van der Waals surface area contributed by atoms with E-state index in [1.54, 1.807) is 13.1 Å². The predicted octanol–water partition coefficient (Wildman–Crippen LogP) is 2.77. The molecule has 0 spiro atoms. The monoisotopic (exact) mass is 269 g/mol. The molecule has 1 aliphatic heterocycles. The minimum absolute atomic E-state index is 0.117. The Morgan fingerprint density at radius 2 is 2.15 bits per heavy atom. The second-order valence-electron chi connectivity index (χ2n) is 5.46. The van der Waals surface area contributed by atoms with Crippen molar-refractivity contribution < 1.29 is 4.79 Å². The highest BCUT2D eigenvalue weighted by Gasteiger charge is 2.26. The fourth-order valence-electron chi connectivity index (χ4n) is 3.05. The molecule has 1 atom stereocenters. The molecule has 4 heteroatoms. The number of aromatic nitrogens is 2. The molecule has 104 valence electrons. The van der Waals surface area contributed by atoms with Crippen LogP contribution in [-0.4, -0.2) is 21.7 Å². The minimum Gasteiger partial charge on any atom is -0.310 e. The first-order chi connectivity index (χ1) is 9.58. The number of aryl methyl sites for hydroxylation is 2. The van der Waals surface area contributed by atoms with Gasteiger partial charge in [0.05, 0.1) is 5.69 Å². The largest absolute Gasteiger partial charge is 0.310 e. The van der Waals surface area contributed by atoms with Crippen LogP contribution in [0.5, 0.6) is 0 Å². The molecule has 1 aliphatic rings. The molecular formula is C16H19N3O. The fourth-order valence-corrected chi connectivity index (χ4v) is 3.05. The van der Waals surface area contributed by atoms with Gasteiger partial charge in [0, 0.05) is 37.5 Å². The lowest BCUT2D eigenvalue weighted by Gasteiger charge is -2.34. The topological polar surface area (TPSA) is 38.1 Å². The van der Waals surface area contributed by atoms with Gasteiger partial charge in [-0.15, -0.1) is 0 Å². The zero-order valence-electron chi connectivity index (χ0n) is 12.1. The number of benzene rings is 1. The van der Waals surface area contributed by atoms with Gasteiger partial charge in [-0.1, -0.05) is 6.07 Å². The average Bonchev–Trinajstić information content (AvgIpc) is 2.84. The minimum atomic E-state index is 0.117. The summed E-state index contributed by atoms with van der Waals surface area (Å²) in [6.45, 7) is 3.75. The summed E-state index contributed by atoms with van der Waals surface area (Å²) >= 11 is 0. The standard InChI is InChI=1S/C16H19N3O/c1-11-4-5-14-10-13(15-8-9-17-18(15)3)6-7-16(14)19(11)12(2)20/h6-11H,4-5H2,1-3H3/t11-/m0/s1. The van der Waals surface area contributed by atoms with Gasteiger partial charge >= 0.3 is 0 Å². The predicted molar refractivity (Wildman–Crippen MR) is 79.6 cm³/mol. The molecule has 0 unspecified atom stereocenters. The van der Waals surface area contributed by atoms with Crippen LogP contribution in [-0.2, 0) is 18.3 Å². The van der Waals surface area contributed by atoms with Gasteiger partial charge in [0.25, 0.3) is 0 Å². The number of fused-ring (bicyclic) bond motifs is 1. The van der Waals surface area contributed by atoms with Crippen molar-refractivity contribution in [2.45, 2.75) is 32.7 Å². The summed E-state index contributed by atoms with van der Waals surface area (Å²) in [5.74, 6) is 0.117. The molecule has 0 N–H and O–H groups in total. The van der Waals surface area contributed by atoms with E-state index in [2.05, 4.69) is 30.2 Å². The Morgan fingerprint density at radius 1 is 1.35 bits per heavy atom. The molecule has 0 aliphatic carbocycles. The molecule has 0 radical (unpaired) electrons. The first-order valence-corrected chi connectivity index (χ1v) is 6.99. The molecule has 0 fully saturated rings. The summed E-state index contributed by atoms with van der Waals surface area (Å²) in [7, 11) is 1.94. The summed E-state index contributed by atoms with van der Waals surface area (Å²) in [5, 5.41) is 4.21. The van der Waals surface area contributed by atoms with Crippen LogP contribution in [0.4, 0.5) is 5.69 Å².